The second kappa shape index (κ2) is 4.44. The molecule has 2 nitrogen and oxygen atoms in total. The van der Waals surface area contributed by atoms with Crippen molar-refractivity contribution in [2.24, 2.45) is 0 Å². The van der Waals surface area contributed by atoms with Crippen LogP contribution in [0.2, 0.25) is 0 Å². The van der Waals surface area contributed by atoms with Crippen molar-refractivity contribution in [3.8, 4) is 0 Å². The number of rotatable bonds is 2. The average molecular weight is 269 g/mol. The molecule has 102 valence electrons. The molecule has 1 atom stereocenters. The highest BCUT2D eigenvalue weighted by molar-refractivity contribution is 6.06. The van der Waals surface area contributed by atoms with Gasteiger partial charge in [-0.25, -0.2) is 4.39 Å². The van der Waals surface area contributed by atoms with Crippen LogP contribution < -0.4 is 4.90 Å². The normalized spacial score (nSPS) is 21.1. The van der Waals surface area contributed by atoms with Crippen LogP contribution in [-0.4, -0.2) is 13.0 Å². The Balaban J connectivity index is 2.03. The molecule has 1 heterocycles. The van der Waals surface area contributed by atoms with Gasteiger partial charge in [0.05, 0.1) is 5.69 Å². The fourth-order valence-electron chi connectivity index (χ4n) is 2.75. The van der Waals surface area contributed by atoms with Gasteiger partial charge in [-0.3, -0.25) is 4.79 Å². The predicted molar refractivity (Wildman–Crippen MR) is 77.5 cm³/mol. The van der Waals surface area contributed by atoms with Crippen LogP contribution in [0.25, 0.3) is 0 Å². The van der Waals surface area contributed by atoms with Crippen LogP contribution in [0.4, 0.5) is 10.1 Å². The molecule has 0 bridgehead atoms. The van der Waals surface area contributed by atoms with Gasteiger partial charge < -0.3 is 4.90 Å². The third kappa shape index (κ3) is 1.82. The summed E-state index contributed by atoms with van der Waals surface area (Å²) in [5, 5.41) is 0. The van der Waals surface area contributed by atoms with Crippen molar-refractivity contribution in [2.75, 3.05) is 11.9 Å². The zero-order valence-corrected chi connectivity index (χ0v) is 11.6. The lowest BCUT2D eigenvalue weighted by atomic mass is 9.90. The molecule has 3 heteroatoms. The minimum Gasteiger partial charge on any atom is -0.312 e. The second-order valence-electron chi connectivity index (χ2n) is 5.34. The van der Waals surface area contributed by atoms with Crippen molar-refractivity contribution in [2.45, 2.75) is 19.0 Å². The Hall–Kier alpha value is -2.16. The number of benzene rings is 2. The Morgan fingerprint density at radius 1 is 1.10 bits per heavy atom. The first kappa shape index (κ1) is 12.9. The lowest BCUT2D eigenvalue weighted by Crippen LogP contribution is -2.36. The van der Waals surface area contributed by atoms with Crippen LogP contribution in [-0.2, 0) is 16.9 Å². The van der Waals surface area contributed by atoms with Crippen molar-refractivity contribution < 1.29 is 9.18 Å². The minimum atomic E-state index is -1.96. The van der Waals surface area contributed by atoms with Crippen molar-refractivity contribution in [1.82, 2.24) is 0 Å². The molecule has 1 aliphatic rings. The van der Waals surface area contributed by atoms with Gasteiger partial charge in [0, 0.05) is 19.0 Å². The number of halogens is 1. The molecule has 3 rings (SSSR count). The van der Waals surface area contributed by atoms with E-state index in [1.807, 2.05) is 37.3 Å². The van der Waals surface area contributed by atoms with Gasteiger partial charge in [0.2, 0.25) is 5.67 Å². The molecule has 0 radical (unpaired) electrons. The summed E-state index contributed by atoms with van der Waals surface area (Å²) in [6.07, 6.45) is 0.0769. The molecule has 0 saturated carbocycles. The van der Waals surface area contributed by atoms with Gasteiger partial charge >= 0.3 is 0 Å². The Morgan fingerprint density at radius 3 is 2.45 bits per heavy atom. The van der Waals surface area contributed by atoms with E-state index in [-0.39, 0.29) is 6.42 Å². The number of aryl methyl sites for hydroxylation is 1. The van der Waals surface area contributed by atoms with E-state index in [4.69, 9.17) is 0 Å². The van der Waals surface area contributed by atoms with Crippen LogP contribution in [0.5, 0.6) is 0 Å². The molecular formula is C17H16FNO. The Labute approximate surface area is 117 Å². The SMILES string of the molecule is Cc1ccc(CC2(F)C(=O)N(C)c3ccccc32)cc1. The van der Waals surface area contributed by atoms with E-state index in [9.17, 15) is 4.79 Å². The molecule has 0 aliphatic carbocycles. The maximum absolute atomic E-state index is 15.3. The Kier molecular flexibility index (Phi) is 2.85. The van der Waals surface area contributed by atoms with Crippen molar-refractivity contribution in [3.63, 3.8) is 0 Å². The topological polar surface area (TPSA) is 20.3 Å². The molecule has 2 aromatic rings. The Bertz CT molecular complexity index is 665. The first-order valence-corrected chi connectivity index (χ1v) is 6.64. The van der Waals surface area contributed by atoms with Crippen molar-refractivity contribution in [1.29, 1.82) is 0 Å². The predicted octanol–water partition coefficient (Wildman–Crippen LogP) is 3.38. The summed E-state index contributed by atoms with van der Waals surface area (Å²) in [5.74, 6) is -0.487. The molecule has 1 amide bonds. The summed E-state index contributed by atoms with van der Waals surface area (Å²) in [6, 6.07) is 14.7. The summed E-state index contributed by atoms with van der Waals surface area (Å²) in [4.78, 5) is 13.7. The maximum Gasteiger partial charge on any atom is 0.269 e. The van der Waals surface area contributed by atoms with Gasteiger partial charge in [0.1, 0.15) is 0 Å². The summed E-state index contributed by atoms with van der Waals surface area (Å²) in [7, 11) is 1.62. The highest BCUT2D eigenvalue weighted by atomic mass is 19.1. The lowest BCUT2D eigenvalue weighted by Gasteiger charge is -2.19. The van der Waals surface area contributed by atoms with Crippen LogP contribution in [0.15, 0.2) is 48.5 Å². The molecule has 1 aliphatic heterocycles. The molecule has 0 spiro atoms. The number of hydrogen-bond acceptors (Lipinski definition) is 1. The summed E-state index contributed by atoms with van der Waals surface area (Å²) < 4.78 is 15.3. The van der Waals surface area contributed by atoms with Gasteiger partial charge in [-0.15, -0.1) is 0 Å². The van der Waals surface area contributed by atoms with E-state index in [0.717, 1.165) is 11.1 Å². The number of anilines is 1. The number of nitrogens with zero attached hydrogens (tertiary/aromatic N) is 1. The summed E-state index contributed by atoms with van der Waals surface area (Å²) in [6.45, 7) is 1.98. The second-order valence-corrected chi connectivity index (χ2v) is 5.34. The zero-order chi connectivity index (χ0) is 14.3. The Morgan fingerprint density at radius 2 is 1.75 bits per heavy atom. The molecular weight excluding hydrogens is 253 g/mol. The van der Waals surface area contributed by atoms with E-state index < -0.39 is 11.6 Å². The highest BCUT2D eigenvalue weighted by Gasteiger charge is 2.50. The van der Waals surface area contributed by atoms with Gasteiger partial charge in [-0.2, -0.15) is 0 Å². The standard InChI is InChI=1S/C17H16FNO/c1-12-7-9-13(10-8-12)11-17(18)14-5-3-4-6-15(14)19(2)16(17)20/h3-10H,11H2,1-2H3. The first-order chi connectivity index (χ1) is 9.52. The molecule has 0 fully saturated rings. The third-order valence-corrected chi connectivity index (χ3v) is 3.90. The smallest absolute Gasteiger partial charge is 0.269 e. The number of alkyl halides is 1. The molecule has 0 N–H and O–H groups in total. The van der Waals surface area contributed by atoms with Gasteiger partial charge in [0.15, 0.2) is 0 Å². The number of carbonyl (C=O) groups excluding carboxylic acids is 1. The molecule has 2 aromatic carbocycles. The largest absolute Gasteiger partial charge is 0.312 e. The van der Waals surface area contributed by atoms with E-state index in [1.54, 1.807) is 25.2 Å². The van der Waals surface area contributed by atoms with E-state index in [2.05, 4.69) is 0 Å². The van der Waals surface area contributed by atoms with Gasteiger partial charge in [-0.1, -0.05) is 48.0 Å². The molecule has 20 heavy (non-hydrogen) atoms. The average Bonchev–Trinajstić information content (AvgIpc) is 2.65. The molecule has 0 saturated heterocycles. The first-order valence-electron chi connectivity index (χ1n) is 6.64. The number of amides is 1. The van der Waals surface area contributed by atoms with E-state index in [1.165, 1.54) is 4.90 Å². The number of para-hydroxylation sites is 1. The van der Waals surface area contributed by atoms with Crippen molar-refractivity contribution in [3.05, 3.63) is 65.2 Å². The minimum absolute atomic E-state index is 0.0769. The van der Waals surface area contributed by atoms with E-state index >= 15 is 4.39 Å². The molecule has 1 unspecified atom stereocenters. The van der Waals surface area contributed by atoms with Gasteiger partial charge in [0.25, 0.3) is 5.91 Å². The zero-order valence-electron chi connectivity index (χ0n) is 11.6. The van der Waals surface area contributed by atoms with E-state index in [0.29, 0.717) is 11.3 Å². The number of hydrogen-bond donors (Lipinski definition) is 0. The quantitative estimate of drug-likeness (QED) is 0.818. The fraction of sp³-hybridized carbons (Fsp3) is 0.235. The summed E-state index contributed by atoms with van der Waals surface area (Å²) in [5.41, 5.74) is 1.12. The van der Waals surface area contributed by atoms with Crippen LogP contribution in [0.1, 0.15) is 16.7 Å². The molecule has 0 aromatic heterocycles. The van der Waals surface area contributed by atoms with Crippen LogP contribution in [0.3, 0.4) is 0 Å². The van der Waals surface area contributed by atoms with Crippen LogP contribution >= 0.6 is 0 Å². The fourth-order valence-corrected chi connectivity index (χ4v) is 2.75. The number of fused-ring (bicyclic) bond motifs is 1. The van der Waals surface area contributed by atoms with Crippen LogP contribution in [0, 0.1) is 6.92 Å². The number of carbonyl (C=O) groups is 1. The van der Waals surface area contributed by atoms with Crippen molar-refractivity contribution >= 4 is 11.6 Å². The number of likely N-dealkylation sites (N-methyl/N-ethyl adjacent to an activating group) is 1. The monoisotopic (exact) mass is 269 g/mol. The third-order valence-electron chi connectivity index (χ3n) is 3.90. The lowest BCUT2D eigenvalue weighted by molar-refractivity contribution is -0.129. The summed E-state index contributed by atoms with van der Waals surface area (Å²) >= 11 is 0. The maximum atomic E-state index is 15.3. The highest BCUT2D eigenvalue weighted by Crippen LogP contribution is 2.44. The van der Waals surface area contributed by atoms with Gasteiger partial charge in [-0.05, 0) is 18.6 Å².